The molecule has 1 heterocycles. The van der Waals surface area contributed by atoms with E-state index in [1.807, 2.05) is 0 Å². The topological polar surface area (TPSA) is 48.9 Å². The third-order valence-corrected chi connectivity index (χ3v) is 5.02. The van der Waals surface area contributed by atoms with Gasteiger partial charge < -0.3 is 20.3 Å². The van der Waals surface area contributed by atoms with E-state index in [4.69, 9.17) is 9.73 Å². The lowest BCUT2D eigenvalue weighted by Gasteiger charge is -2.40. The van der Waals surface area contributed by atoms with Crippen molar-refractivity contribution in [3.05, 3.63) is 29.8 Å². The van der Waals surface area contributed by atoms with E-state index in [-0.39, 0.29) is 5.41 Å². The van der Waals surface area contributed by atoms with Crippen LogP contribution in [-0.2, 0) is 11.3 Å². The van der Waals surface area contributed by atoms with Gasteiger partial charge in [-0.15, -0.1) is 0 Å². The summed E-state index contributed by atoms with van der Waals surface area (Å²) in [7, 11) is 4.12. The van der Waals surface area contributed by atoms with Crippen LogP contribution in [0, 0.1) is 11.3 Å². The van der Waals surface area contributed by atoms with E-state index in [2.05, 4.69) is 81.6 Å². The molecule has 1 saturated heterocycles. The number of guanidine groups is 1. The Kier molecular flexibility index (Phi) is 7.96. The van der Waals surface area contributed by atoms with E-state index in [0.717, 1.165) is 32.1 Å². The SMILES string of the molecule is CCNC(=NCc1cccc(N(C)C)c1)NCC1CCCOC1C(C)(C)C. The first kappa shape index (κ1) is 21.5. The van der Waals surface area contributed by atoms with Crippen LogP contribution in [0.25, 0.3) is 0 Å². The maximum Gasteiger partial charge on any atom is 0.191 e. The first-order chi connectivity index (χ1) is 12.8. The molecule has 0 spiro atoms. The second kappa shape index (κ2) is 9.98. The van der Waals surface area contributed by atoms with Gasteiger partial charge in [0.05, 0.1) is 12.6 Å². The van der Waals surface area contributed by atoms with Gasteiger partial charge >= 0.3 is 0 Å². The third kappa shape index (κ3) is 6.73. The van der Waals surface area contributed by atoms with Crippen molar-refractivity contribution in [3.8, 4) is 0 Å². The van der Waals surface area contributed by atoms with Crippen molar-refractivity contribution < 1.29 is 4.74 Å². The standard InChI is InChI=1S/C22H38N4O/c1-7-23-21(24-15-17-10-8-12-19(14-17)26(5)6)25-16-18-11-9-13-27-20(18)22(2,3)4/h8,10,12,14,18,20H,7,9,11,13,15-16H2,1-6H3,(H2,23,24,25). The Morgan fingerprint density at radius 3 is 2.70 bits per heavy atom. The average molecular weight is 375 g/mol. The lowest BCUT2D eigenvalue weighted by atomic mass is 9.78. The molecule has 2 N–H and O–H groups in total. The molecule has 1 aliphatic rings. The van der Waals surface area contributed by atoms with E-state index < -0.39 is 0 Å². The van der Waals surface area contributed by atoms with Crippen LogP contribution in [0.4, 0.5) is 5.69 Å². The number of nitrogens with one attached hydrogen (secondary N) is 2. The van der Waals surface area contributed by atoms with Crippen molar-refractivity contribution in [2.45, 2.75) is 53.2 Å². The maximum atomic E-state index is 6.11. The van der Waals surface area contributed by atoms with E-state index in [9.17, 15) is 0 Å². The molecule has 0 saturated carbocycles. The quantitative estimate of drug-likeness (QED) is 0.589. The number of nitrogens with zero attached hydrogens (tertiary/aromatic N) is 2. The molecular formula is C22H38N4O. The minimum Gasteiger partial charge on any atom is -0.378 e. The van der Waals surface area contributed by atoms with Gasteiger partial charge in [-0.1, -0.05) is 32.9 Å². The van der Waals surface area contributed by atoms with Crippen molar-refractivity contribution in [3.63, 3.8) is 0 Å². The molecule has 0 aliphatic carbocycles. The number of hydrogen-bond donors (Lipinski definition) is 2. The molecule has 0 radical (unpaired) electrons. The highest BCUT2D eigenvalue weighted by atomic mass is 16.5. The Balaban J connectivity index is 2.00. The van der Waals surface area contributed by atoms with Crippen LogP contribution >= 0.6 is 0 Å². The van der Waals surface area contributed by atoms with Crippen molar-refractivity contribution in [2.75, 3.05) is 38.7 Å². The van der Waals surface area contributed by atoms with Gasteiger partial charge in [-0.3, -0.25) is 0 Å². The molecule has 2 unspecified atom stereocenters. The summed E-state index contributed by atoms with van der Waals surface area (Å²) in [5.74, 6) is 1.39. The first-order valence-corrected chi connectivity index (χ1v) is 10.2. The molecule has 0 bridgehead atoms. The summed E-state index contributed by atoms with van der Waals surface area (Å²) in [6.07, 6.45) is 2.64. The minimum absolute atomic E-state index is 0.162. The summed E-state index contributed by atoms with van der Waals surface area (Å²) in [5, 5.41) is 6.92. The van der Waals surface area contributed by atoms with E-state index >= 15 is 0 Å². The number of ether oxygens (including phenoxy) is 1. The van der Waals surface area contributed by atoms with Crippen LogP contribution in [0.5, 0.6) is 0 Å². The van der Waals surface area contributed by atoms with Crippen LogP contribution in [0.15, 0.2) is 29.3 Å². The van der Waals surface area contributed by atoms with Crippen LogP contribution in [-0.4, -0.2) is 45.9 Å². The van der Waals surface area contributed by atoms with Crippen LogP contribution in [0.2, 0.25) is 0 Å². The molecule has 27 heavy (non-hydrogen) atoms. The molecule has 152 valence electrons. The smallest absolute Gasteiger partial charge is 0.191 e. The van der Waals surface area contributed by atoms with E-state index in [1.165, 1.54) is 17.7 Å². The third-order valence-electron chi connectivity index (χ3n) is 5.02. The van der Waals surface area contributed by atoms with E-state index in [1.54, 1.807) is 0 Å². The molecule has 1 aliphatic heterocycles. The highest BCUT2D eigenvalue weighted by Crippen LogP contribution is 2.33. The average Bonchev–Trinajstić information content (AvgIpc) is 2.63. The lowest BCUT2D eigenvalue weighted by Crippen LogP contribution is -2.47. The number of aliphatic imine (C=N–C) groups is 1. The summed E-state index contributed by atoms with van der Waals surface area (Å²) in [6, 6.07) is 8.53. The fourth-order valence-corrected chi connectivity index (χ4v) is 3.68. The zero-order valence-electron chi connectivity index (χ0n) is 18.0. The fourth-order valence-electron chi connectivity index (χ4n) is 3.68. The number of hydrogen-bond acceptors (Lipinski definition) is 3. The fraction of sp³-hybridized carbons (Fsp3) is 0.682. The van der Waals surface area contributed by atoms with Gasteiger partial charge in [0, 0.05) is 45.4 Å². The predicted molar refractivity (Wildman–Crippen MR) is 116 cm³/mol. The zero-order valence-corrected chi connectivity index (χ0v) is 18.0. The zero-order chi connectivity index (χ0) is 19.9. The Hall–Kier alpha value is -1.75. The summed E-state index contributed by atoms with van der Waals surface area (Å²) in [6.45, 7) is 12.2. The molecular weight excluding hydrogens is 336 g/mol. The molecule has 1 aromatic carbocycles. The van der Waals surface area contributed by atoms with Gasteiger partial charge in [0.2, 0.25) is 0 Å². The van der Waals surface area contributed by atoms with Crippen LogP contribution in [0.3, 0.4) is 0 Å². The molecule has 5 nitrogen and oxygen atoms in total. The second-order valence-electron chi connectivity index (χ2n) is 8.70. The van der Waals surface area contributed by atoms with Crippen LogP contribution < -0.4 is 15.5 Å². The number of rotatable bonds is 6. The first-order valence-electron chi connectivity index (χ1n) is 10.2. The largest absolute Gasteiger partial charge is 0.378 e. The second-order valence-corrected chi connectivity index (χ2v) is 8.70. The maximum absolute atomic E-state index is 6.11. The molecule has 2 rings (SSSR count). The Morgan fingerprint density at radius 1 is 1.26 bits per heavy atom. The van der Waals surface area contributed by atoms with Crippen molar-refractivity contribution in [1.82, 2.24) is 10.6 Å². The summed E-state index contributed by atoms with van der Waals surface area (Å²) >= 11 is 0. The van der Waals surface area contributed by atoms with E-state index in [0.29, 0.717) is 18.6 Å². The monoisotopic (exact) mass is 374 g/mol. The van der Waals surface area contributed by atoms with Crippen molar-refractivity contribution in [2.24, 2.45) is 16.3 Å². The van der Waals surface area contributed by atoms with Gasteiger partial charge in [-0.05, 0) is 42.9 Å². The number of anilines is 1. The summed E-state index contributed by atoms with van der Waals surface area (Å²) in [5.41, 5.74) is 2.58. The van der Waals surface area contributed by atoms with Gasteiger partial charge in [0.25, 0.3) is 0 Å². The van der Waals surface area contributed by atoms with Gasteiger partial charge in [0.1, 0.15) is 0 Å². The van der Waals surface area contributed by atoms with Crippen LogP contribution in [0.1, 0.15) is 46.1 Å². The molecule has 1 aromatic rings. The lowest BCUT2D eigenvalue weighted by molar-refractivity contribution is -0.0835. The van der Waals surface area contributed by atoms with Crippen molar-refractivity contribution >= 4 is 11.6 Å². The minimum atomic E-state index is 0.162. The summed E-state index contributed by atoms with van der Waals surface area (Å²) < 4.78 is 6.11. The van der Waals surface area contributed by atoms with Gasteiger partial charge in [0.15, 0.2) is 5.96 Å². The Bertz CT molecular complexity index is 607. The van der Waals surface area contributed by atoms with Crippen molar-refractivity contribution in [1.29, 1.82) is 0 Å². The summed E-state index contributed by atoms with van der Waals surface area (Å²) in [4.78, 5) is 6.91. The normalized spacial score (nSPS) is 21.0. The van der Waals surface area contributed by atoms with Gasteiger partial charge in [-0.2, -0.15) is 0 Å². The highest BCUT2D eigenvalue weighted by Gasteiger charge is 2.35. The number of benzene rings is 1. The predicted octanol–water partition coefficient (Wildman–Crippen LogP) is 3.65. The molecule has 0 amide bonds. The highest BCUT2D eigenvalue weighted by molar-refractivity contribution is 5.79. The molecule has 2 atom stereocenters. The molecule has 0 aromatic heterocycles. The Labute approximate surface area is 165 Å². The molecule has 1 fully saturated rings. The molecule has 5 heteroatoms. The Morgan fingerprint density at radius 2 is 2.04 bits per heavy atom. The van der Waals surface area contributed by atoms with Gasteiger partial charge in [-0.25, -0.2) is 4.99 Å².